The maximum Gasteiger partial charge on any atom is 0.273 e. The smallest absolute Gasteiger partial charge is 0.273 e. The second-order valence-corrected chi connectivity index (χ2v) is 9.19. The van der Waals surface area contributed by atoms with Crippen LogP contribution in [0, 0.1) is 17.3 Å². The van der Waals surface area contributed by atoms with Gasteiger partial charge in [0.1, 0.15) is 12.1 Å². The van der Waals surface area contributed by atoms with Crippen molar-refractivity contribution in [1.29, 1.82) is 0 Å². The molecular weight excluding hydrogens is 376 g/mol. The molecule has 1 fully saturated rings. The zero-order chi connectivity index (χ0) is 22.2. The van der Waals surface area contributed by atoms with Crippen molar-refractivity contribution in [3.05, 3.63) is 0 Å². The molecule has 5 N–H and O–H groups in total. The van der Waals surface area contributed by atoms with Crippen molar-refractivity contribution in [2.75, 3.05) is 13.7 Å². The lowest BCUT2D eigenvalue weighted by Crippen LogP contribution is -2.60. The van der Waals surface area contributed by atoms with Crippen LogP contribution in [0.25, 0.3) is 0 Å². The first-order valence-electron chi connectivity index (χ1n) is 10.3. The molecule has 1 heterocycles. The number of rotatable bonds is 9. The first-order chi connectivity index (χ1) is 13.5. The lowest BCUT2D eigenvalue weighted by atomic mass is 9.84. The fourth-order valence-corrected chi connectivity index (χ4v) is 3.55. The molecule has 0 radical (unpaired) electrons. The van der Waals surface area contributed by atoms with Gasteiger partial charge in [-0.25, -0.2) is 5.48 Å². The highest BCUT2D eigenvalue weighted by Gasteiger charge is 2.39. The summed E-state index contributed by atoms with van der Waals surface area (Å²) in [5, 5.41) is 18.1. The quantitative estimate of drug-likeness (QED) is 0.282. The van der Waals surface area contributed by atoms with Crippen LogP contribution in [-0.2, 0) is 19.1 Å². The molecule has 4 atom stereocenters. The van der Waals surface area contributed by atoms with Gasteiger partial charge in [-0.05, 0) is 43.6 Å². The molecule has 1 rings (SSSR count). The van der Waals surface area contributed by atoms with Crippen molar-refractivity contribution in [3.8, 4) is 0 Å². The van der Waals surface area contributed by atoms with Gasteiger partial charge < -0.3 is 15.4 Å². The molecule has 0 aliphatic carbocycles. The molecule has 1 aliphatic rings. The van der Waals surface area contributed by atoms with Gasteiger partial charge in [-0.15, -0.1) is 0 Å². The van der Waals surface area contributed by atoms with E-state index in [1.165, 1.54) is 7.11 Å². The Morgan fingerprint density at radius 2 is 1.79 bits per heavy atom. The number of nitrogens with one attached hydrogen (secondary N) is 4. The summed E-state index contributed by atoms with van der Waals surface area (Å²) in [5.41, 5.74) is 1.01. The summed E-state index contributed by atoms with van der Waals surface area (Å²) < 4.78 is 5.19. The Labute approximate surface area is 173 Å². The van der Waals surface area contributed by atoms with E-state index >= 15 is 0 Å². The van der Waals surface area contributed by atoms with E-state index in [9.17, 15) is 14.4 Å². The number of hydrogen-bond donors (Lipinski definition) is 5. The van der Waals surface area contributed by atoms with Crippen molar-refractivity contribution in [3.63, 3.8) is 0 Å². The molecule has 0 spiro atoms. The van der Waals surface area contributed by atoms with Crippen LogP contribution in [0.15, 0.2) is 0 Å². The molecule has 0 aromatic heterocycles. The fourth-order valence-electron chi connectivity index (χ4n) is 3.55. The Balaban J connectivity index is 2.99. The van der Waals surface area contributed by atoms with E-state index in [2.05, 4.69) is 16.0 Å². The standard InChI is InChI=1S/C20H38N4O5/c1-12(2)11-13(15(29-6)18(26)24-28)17(25)23-16(20(3,4)5)19(27)22-14-9-7-8-10-21-14/h12-16,21,28H,7-11H2,1-6H3,(H,22,27)(H,23,25)(H,24,26). The molecule has 0 bridgehead atoms. The van der Waals surface area contributed by atoms with Crippen molar-refractivity contribution in [1.82, 2.24) is 21.4 Å². The largest absolute Gasteiger partial charge is 0.371 e. The van der Waals surface area contributed by atoms with Gasteiger partial charge in [-0.2, -0.15) is 0 Å². The lowest BCUT2D eigenvalue weighted by molar-refractivity contribution is -0.150. The second kappa shape index (κ2) is 11.5. The van der Waals surface area contributed by atoms with Crippen LogP contribution in [0.3, 0.4) is 0 Å². The molecule has 0 aromatic rings. The van der Waals surface area contributed by atoms with Crippen LogP contribution in [0.4, 0.5) is 0 Å². The third kappa shape index (κ3) is 7.91. The summed E-state index contributed by atoms with van der Waals surface area (Å²) in [5.74, 6) is -2.27. The second-order valence-electron chi connectivity index (χ2n) is 9.19. The average molecular weight is 415 g/mol. The van der Waals surface area contributed by atoms with E-state index in [0.29, 0.717) is 6.42 Å². The summed E-state index contributed by atoms with van der Waals surface area (Å²) >= 11 is 0. The molecule has 29 heavy (non-hydrogen) atoms. The minimum atomic E-state index is -1.16. The van der Waals surface area contributed by atoms with E-state index in [4.69, 9.17) is 9.94 Å². The van der Waals surface area contributed by atoms with Crippen molar-refractivity contribution >= 4 is 17.7 Å². The van der Waals surface area contributed by atoms with Gasteiger partial charge in [-0.1, -0.05) is 34.6 Å². The van der Waals surface area contributed by atoms with Gasteiger partial charge in [0.25, 0.3) is 5.91 Å². The van der Waals surface area contributed by atoms with Gasteiger partial charge in [0.05, 0.1) is 12.1 Å². The van der Waals surface area contributed by atoms with Gasteiger partial charge in [0, 0.05) is 7.11 Å². The number of hydrogen-bond acceptors (Lipinski definition) is 6. The van der Waals surface area contributed by atoms with E-state index < -0.39 is 35.3 Å². The van der Waals surface area contributed by atoms with Crippen molar-refractivity contribution in [2.45, 2.75) is 78.6 Å². The molecule has 0 aromatic carbocycles. The predicted octanol–water partition coefficient (Wildman–Crippen LogP) is 0.916. The topological polar surface area (TPSA) is 129 Å². The Morgan fingerprint density at radius 1 is 1.14 bits per heavy atom. The van der Waals surface area contributed by atoms with Gasteiger partial charge >= 0.3 is 0 Å². The molecule has 1 aliphatic heterocycles. The zero-order valence-electron chi connectivity index (χ0n) is 18.5. The number of piperidine rings is 1. The Hall–Kier alpha value is -1.71. The summed E-state index contributed by atoms with van der Waals surface area (Å²) in [6.45, 7) is 10.3. The van der Waals surface area contributed by atoms with Crippen LogP contribution in [-0.4, -0.2) is 54.9 Å². The number of ether oxygens (including phenoxy) is 1. The number of hydroxylamine groups is 1. The van der Waals surface area contributed by atoms with Crippen LogP contribution in [0.2, 0.25) is 0 Å². The molecule has 4 unspecified atom stereocenters. The normalized spacial score (nSPS) is 20.5. The molecular formula is C20H38N4O5. The lowest BCUT2D eigenvalue weighted by Gasteiger charge is -2.35. The number of carbonyl (C=O) groups excluding carboxylic acids is 3. The highest BCUT2D eigenvalue weighted by atomic mass is 16.5. The first kappa shape index (κ1) is 25.3. The Kier molecular flexibility index (Phi) is 10.0. The molecule has 0 saturated carbocycles. The highest BCUT2D eigenvalue weighted by molar-refractivity contribution is 5.92. The molecule has 9 heteroatoms. The number of amides is 3. The summed E-state index contributed by atoms with van der Waals surface area (Å²) in [6, 6.07) is -0.789. The number of carbonyl (C=O) groups is 3. The van der Waals surface area contributed by atoms with Gasteiger partial charge in [-0.3, -0.25) is 24.9 Å². The summed E-state index contributed by atoms with van der Waals surface area (Å²) in [7, 11) is 1.31. The van der Waals surface area contributed by atoms with E-state index in [1.807, 2.05) is 34.6 Å². The molecule has 9 nitrogen and oxygen atoms in total. The van der Waals surface area contributed by atoms with E-state index in [-0.39, 0.29) is 18.0 Å². The van der Waals surface area contributed by atoms with Crippen LogP contribution in [0.1, 0.15) is 60.3 Å². The monoisotopic (exact) mass is 414 g/mol. The number of methoxy groups -OCH3 is 1. The third-order valence-corrected chi connectivity index (χ3v) is 5.09. The van der Waals surface area contributed by atoms with Gasteiger partial charge in [0.2, 0.25) is 11.8 Å². The Bertz CT molecular complexity index is 556. The van der Waals surface area contributed by atoms with Gasteiger partial charge in [0.15, 0.2) is 0 Å². The SMILES string of the molecule is COC(C(=O)NO)C(CC(C)C)C(=O)NC(C(=O)NC1CCCCN1)C(C)(C)C. The van der Waals surface area contributed by atoms with Crippen LogP contribution < -0.4 is 21.4 Å². The highest BCUT2D eigenvalue weighted by Crippen LogP contribution is 2.23. The Morgan fingerprint density at radius 3 is 2.24 bits per heavy atom. The van der Waals surface area contributed by atoms with Crippen LogP contribution >= 0.6 is 0 Å². The third-order valence-electron chi connectivity index (χ3n) is 5.09. The van der Waals surface area contributed by atoms with Crippen molar-refractivity contribution < 1.29 is 24.3 Å². The fraction of sp³-hybridized carbons (Fsp3) is 0.850. The van der Waals surface area contributed by atoms with Crippen LogP contribution in [0.5, 0.6) is 0 Å². The minimum Gasteiger partial charge on any atom is -0.371 e. The first-order valence-corrected chi connectivity index (χ1v) is 10.3. The maximum absolute atomic E-state index is 13.1. The maximum atomic E-state index is 13.1. The zero-order valence-corrected chi connectivity index (χ0v) is 18.5. The minimum absolute atomic E-state index is 0.100. The summed E-state index contributed by atoms with van der Waals surface area (Å²) in [4.78, 5) is 38.1. The molecule has 3 amide bonds. The predicted molar refractivity (Wildman–Crippen MR) is 109 cm³/mol. The van der Waals surface area contributed by atoms with Crippen molar-refractivity contribution in [2.24, 2.45) is 17.3 Å². The molecule has 1 saturated heterocycles. The summed E-state index contributed by atoms with van der Waals surface area (Å²) in [6.07, 6.45) is 2.04. The van der Waals surface area contributed by atoms with E-state index in [0.717, 1.165) is 25.8 Å². The average Bonchev–Trinajstić information content (AvgIpc) is 2.64. The molecule has 168 valence electrons. The van der Waals surface area contributed by atoms with E-state index in [1.54, 1.807) is 5.48 Å².